The fourth-order valence-corrected chi connectivity index (χ4v) is 3.06. The Balaban J connectivity index is 1.96. The Bertz CT molecular complexity index is 496. The van der Waals surface area contributed by atoms with Crippen LogP contribution in [0.4, 0.5) is 4.79 Å². The van der Waals surface area contributed by atoms with Gasteiger partial charge in [-0.25, -0.2) is 4.79 Å². The minimum absolute atomic E-state index is 0.0815. The van der Waals surface area contributed by atoms with Crippen molar-refractivity contribution in [2.24, 2.45) is 5.92 Å². The summed E-state index contributed by atoms with van der Waals surface area (Å²) < 4.78 is 5.40. The molecule has 0 saturated heterocycles. The number of rotatable bonds is 5. The molecule has 0 spiro atoms. The highest BCUT2D eigenvalue weighted by Gasteiger charge is 2.24. The van der Waals surface area contributed by atoms with Gasteiger partial charge in [-0.15, -0.1) is 0 Å². The average Bonchev–Trinajstić information content (AvgIpc) is 2.88. The molecule has 3 unspecified atom stereocenters. The lowest BCUT2D eigenvalue weighted by molar-refractivity contribution is 0.0502. The van der Waals surface area contributed by atoms with E-state index in [0.717, 1.165) is 18.0 Å². The fourth-order valence-electron chi connectivity index (χ4n) is 3.06. The average molecular weight is 318 g/mol. The third-order valence-corrected chi connectivity index (χ3v) is 4.20. The van der Waals surface area contributed by atoms with Crippen LogP contribution in [0.2, 0.25) is 0 Å². The molecule has 1 saturated carbocycles. The predicted octanol–water partition coefficient (Wildman–Crippen LogP) is 4.03. The lowest BCUT2D eigenvalue weighted by atomic mass is 10.1. The summed E-state index contributed by atoms with van der Waals surface area (Å²) in [6.45, 7) is 8.66. The van der Waals surface area contributed by atoms with Crippen LogP contribution in [0.25, 0.3) is 0 Å². The van der Waals surface area contributed by atoms with Crippen LogP contribution in [-0.4, -0.2) is 24.3 Å². The van der Waals surface area contributed by atoms with Gasteiger partial charge >= 0.3 is 6.09 Å². The summed E-state index contributed by atoms with van der Waals surface area (Å²) in [5.41, 5.74) is 0.608. The lowest BCUT2D eigenvalue weighted by Crippen LogP contribution is -2.41. The number of carbonyl (C=O) groups is 1. The first-order chi connectivity index (χ1) is 10.8. The minimum Gasteiger partial charge on any atom is -0.444 e. The summed E-state index contributed by atoms with van der Waals surface area (Å²) in [7, 11) is 0. The van der Waals surface area contributed by atoms with Gasteiger partial charge in [0.2, 0.25) is 0 Å². The quantitative estimate of drug-likeness (QED) is 0.862. The van der Waals surface area contributed by atoms with Crippen LogP contribution in [0.1, 0.15) is 58.6 Å². The highest BCUT2D eigenvalue weighted by Crippen LogP contribution is 2.25. The molecule has 4 nitrogen and oxygen atoms in total. The Labute approximate surface area is 140 Å². The molecular formula is C19H30N2O2. The summed E-state index contributed by atoms with van der Waals surface area (Å²) in [4.78, 5) is 12.1. The molecule has 4 heteroatoms. The van der Waals surface area contributed by atoms with Crippen molar-refractivity contribution >= 4 is 6.09 Å². The number of hydrogen-bond donors (Lipinski definition) is 2. The first kappa shape index (κ1) is 17.8. The van der Waals surface area contributed by atoms with Crippen LogP contribution in [0.15, 0.2) is 30.3 Å². The second kappa shape index (κ2) is 7.82. The largest absolute Gasteiger partial charge is 0.444 e. The van der Waals surface area contributed by atoms with E-state index < -0.39 is 5.60 Å². The highest BCUT2D eigenvalue weighted by molar-refractivity contribution is 5.68. The molecule has 1 aliphatic carbocycles. The van der Waals surface area contributed by atoms with Gasteiger partial charge in [-0.05, 0) is 51.5 Å². The second-order valence-corrected chi connectivity index (χ2v) is 7.63. The Morgan fingerprint density at radius 3 is 2.52 bits per heavy atom. The first-order valence-electron chi connectivity index (χ1n) is 8.61. The third kappa shape index (κ3) is 6.22. The van der Waals surface area contributed by atoms with Gasteiger partial charge in [-0.2, -0.15) is 0 Å². The predicted molar refractivity (Wildman–Crippen MR) is 93.4 cm³/mol. The molecule has 0 bridgehead atoms. The van der Waals surface area contributed by atoms with Gasteiger partial charge in [-0.1, -0.05) is 37.3 Å². The van der Waals surface area contributed by atoms with E-state index in [2.05, 4.69) is 17.6 Å². The van der Waals surface area contributed by atoms with Gasteiger partial charge in [-0.3, -0.25) is 0 Å². The van der Waals surface area contributed by atoms with E-state index in [1.54, 1.807) is 0 Å². The fraction of sp³-hybridized carbons (Fsp3) is 0.632. The van der Waals surface area contributed by atoms with Gasteiger partial charge in [0.25, 0.3) is 0 Å². The molecule has 1 aromatic rings. The molecule has 2 rings (SSSR count). The summed E-state index contributed by atoms with van der Waals surface area (Å²) in [6.07, 6.45) is 3.35. The molecule has 1 aliphatic rings. The van der Waals surface area contributed by atoms with Crippen molar-refractivity contribution in [1.82, 2.24) is 10.6 Å². The Hall–Kier alpha value is -1.55. The number of hydrogen-bond acceptors (Lipinski definition) is 3. The molecule has 2 N–H and O–H groups in total. The third-order valence-electron chi connectivity index (χ3n) is 4.20. The molecule has 1 amide bonds. The van der Waals surface area contributed by atoms with Crippen LogP contribution in [-0.2, 0) is 4.74 Å². The molecule has 3 atom stereocenters. The molecular weight excluding hydrogens is 288 g/mol. The van der Waals surface area contributed by atoms with Crippen molar-refractivity contribution < 1.29 is 9.53 Å². The molecule has 0 aliphatic heterocycles. The molecule has 0 aromatic heterocycles. The van der Waals surface area contributed by atoms with Crippen molar-refractivity contribution in [1.29, 1.82) is 0 Å². The van der Waals surface area contributed by atoms with Crippen molar-refractivity contribution in [2.45, 2.75) is 64.6 Å². The topological polar surface area (TPSA) is 50.4 Å². The number of ether oxygens (including phenoxy) is 1. The van der Waals surface area contributed by atoms with Crippen LogP contribution >= 0.6 is 0 Å². The zero-order valence-electron chi connectivity index (χ0n) is 14.8. The Kier molecular flexibility index (Phi) is 6.05. The normalized spacial score (nSPS) is 22.6. The number of carbonyl (C=O) groups excluding carboxylic acids is 1. The van der Waals surface area contributed by atoms with Crippen molar-refractivity contribution in [3.05, 3.63) is 35.9 Å². The SMILES string of the molecule is CC1CCC(NCC(NC(=O)OC(C)(C)C)c2ccccc2)C1. The molecule has 0 heterocycles. The van der Waals surface area contributed by atoms with Gasteiger partial charge in [0.1, 0.15) is 5.60 Å². The smallest absolute Gasteiger partial charge is 0.408 e. The Morgan fingerprint density at radius 1 is 1.26 bits per heavy atom. The van der Waals surface area contributed by atoms with Crippen LogP contribution in [0.3, 0.4) is 0 Å². The molecule has 1 fully saturated rings. The van der Waals surface area contributed by atoms with E-state index >= 15 is 0 Å². The van der Waals surface area contributed by atoms with E-state index in [1.807, 2.05) is 51.1 Å². The van der Waals surface area contributed by atoms with Gasteiger partial charge < -0.3 is 15.4 Å². The monoisotopic (exact) mass is 318 g/mol. The first-order valence-corrected chi connectivity index (χ1v) is 8.61. The maximum atomic E-state index is 12.1. The lowest BCUT2D eigenvalue weighted by Gasteiger charge is -2.25. The molecule has 128 valence electrons. The Morgan fingerprint density at radius 2 is 1.96 bits per heavy atom. The minimum atomic E-state index is -0.486. The highest BCUT2D eigenvalue weighted by atomic mass is 16.6. The van der Waals surface area contributed by atoms with Crippen LogP contribution in [0.5, 0.6) is 0 Å². The van der Waals surface area contributed by atoms with Gasteiger partial charge in [0, 0.05) is 12.6 Å². The van der Waals surface area contributed by atoms with Gasteiger partial charge in [0.15, 0.2) is 0 Å². The molecule has 23 heavy (non-hydrogen) atoms. The zero-order chi connectivity index (χ0) is 16.9. The number of amides is 1. The maximum Gasteiger partial charge on any atom is 0.408 e. The van der Waals surface area contributed by atoms with Crippen molar-refractivity contribution in [3.8, 4) is 0 Å². The van der Waals surface area contributed by atoms with E-state index in [4.69, 9.17) is 4.74 Å². The second-order valence-electron chi connectivity index (χ2n) is 7.63. The summed E-state index contributed by atoms with van der Waals surface area (Å²) in [6, 6.07) is 10.5. The maximum absolute atomic E-state index is 12.1. The summed E-state index contributed by atoms with van der Waals surface area (Å²) >= 11 is 0. The van der Waals surface area contributed by atoms with Crippen LogP contribution in [0, 0.1) is 5.92 Å². The zero-order valence-corrected chi connectivity index (χ0v) is 14.8. The van der Waals surface area contributed by atoms with Crippen molar-refractivity contribution in [3.63, 3.8) is 0 Å². The number of benzene rings is 1. The number of nitrogens with one attached hydrogen (secondary N) is 2. The molecule has 1 aromatic carbocycles. The standard InChI is InChI=1S/C19H30N2O2/c1-14-10-11-16(12-14)20-13-17(15-8-6-5-7-9-15)21-18(22)23-19(2,3)4/h5-9,14,16-17,20H,10-13H2,1-4H3,(H,21,22). The van der Waals surface area contributed by atoms with E-state index in [0.29, 0.717) is 6.04 Å². The van der Waals surface area contributed by atoms with E-state index in [1.165, 1.54) is 19.3 Å². The van der Waals surface area contributed by atoms with E-state index in [-0.39, 0.29) is 12.1 Å². The summed E-state index contributed by atoms with van der Waals surface area (Å²) in [5.74, 6) is 0.793. The van der Waals surface area contributed by atoms with Gasteiger partial charge in [0.05, 0.1) is 6.04 Å². The molecule has 0 radical (unpaired) electrons. The summed E-state index contributed by atoms with van der Waals surface area (Å²) in [5, 5.41) is 6.61. The van der Waals surface area contributed by atoms with Crippen LogP contribution < -0.4 is 10.6 Å². The van der Waals surface area contributed by atoms with Crippen molar-refractivity contribution in [2.75, 3.05) is 6.54 Å². The number of alkyl carbamates (subject to hydrolysis) is 1. The van der Waals surface area contributed by atoms with E-state index in [9.17, 15) is 4.79 Å².